The molecule has 0 aliphatic carbocycles. The van der Waals surface area contributed by atoms with Crippen molar-refractivity contribution in [2.45, 2.75) is 40.5 Å². The summed E-state index contributed by atoms with van der Waals surface area (Å²) in [5.41, 5.74) is 23.3. The SMILES string of the molecule is CC(C)Cc1ccc(-c2ccnc(-c3[c-]cccc3)c2)cc1.CCc1cccc(-c2ccnc(-c3[c-]cccc3)c2)c1.Cc1cccc(-c2ccnc(-c3[c-]cccc3)c2)c1.[Ir].[Ir].[Ir].[c-]1ccccc1-c1ccccn1.[c-]1ccccc1-c1ccccn1.[c-]1ccccc1-c1ccccn1. The van der Waals surface area contributed by atoms with Gasteiger partial charge >= 0.3 is 0 Å². The summed E-state index contributed by atoms with van der Waals surface area (Å²) in [5, 5.41) is 0. The molecule has 0 unspecified atom stereocenters. The van der Waals surface area contributed by atoms with Gasteiger partial charge < -0.3 is 29.9 Å². The van der Waals surface area contributed by atoms with E-state index >= 15 is 0 Å². The average molecular weight is 1830 g/mol. The number of hydrogen-bond donors (Lipinski definition) is 0. The summed E-state index contributed by atoms with van der Waals surface area (Å²) in [4.78, 5) is 26.0. The third kappa shape index (κ3) is 24.7. The standard InChI is InChI=1S/C21H20N.C19H16N.C18H14N.3C11H8N.3Ir/c1-16(2)14-17-8-10-18(11-9-17)20-12-13-22-21(15-20)19-6-4-3-5-7-19;1-2-15-7-6-10-17(13-15)18-11-12-20-19(14-18)16-8-4-3-5-9-16;1-14-6-5-9-16(12-14)17-10-11-19-18(13-17)15-7-3-2-4-8-15;3*1-2-6-10(7-3-1)11-8-4-5-9-12-11;;;/h3-6,8-13,15-16H,14H2,1-2H3;3-8,10-14H,2H2,1H3;2-7,9-13H,1H3;3*1-6,8-9H;;;/q6*-1;;;. The number of benzene rings is 9. The Labute approximate surface area is 632 Å². The zero-order valence-electron chi connectivity index (χ0n) is 56.1. The fraction of sp³-hybridized carbons (Fsp3) is 0.0769. The van der Waals surface area contributed by atoms with Gasteiger partial charge in [0.15, 0.2) is 0 Å². The first kappa shape index (κ1) is 77.2. The molecule has 0 fully saturated rings. The molecule has 0 amide bonds. The predicted octanol–water partition coefficient (Wildman–Crippen LogP) is 22.4. The number of pyridine rings is 6. The van der Waals surface area contributed by atoms with Crippen molar-refractivity contribution in [2.24, 2.45) is 5.92 Å². The van der Waals surface area contributed by atoms with Crippen molar-refractivity contribution in [3.8, 4) is 101 Å². The zero-order chi connectivity index (χ0) is 66.9. The van der Waals surface area contributed by atoms with E-state index in [9.17, 15) is 0 Å². The molecule has 6 heterocycles. The van der Waals surface area contributed by atoms with Crippen molar-refractivity contribution in [2.75, 3.05) is 0 Å². The molecule has 9 heteroatoms. The van der Waals surface area contributed by atoms with E-state index in [-0.39, 0.29) is 60.3 Å². The van der Waals surface area contributed by atoms with Crippen LogP contribution in [0.25, 0.3) is 101 Å². The molecular formula is C91H74Ir3N6-6. The quantitative estimate of drug-likeness (QED) is 0.113. The van der Waals surface area contributed by atoms with Crippen LogP contribution in [-0.2, 0) is 73.2 Å². The zero-order valence-corrected chi connectivity index (χ0v) is 63.3. The van der Waals surface area contributed by atoms with E-state index in [0.717, 1.165) is 80.4 Å². The minimum atomic E-state index is 0. The third-order valence-electron chi connectivity index (χ3n) is 15.1. The van der Waals surface area contributed by atoms with Crippen LogP contribution in [0.1, 0.15) is 37.5 Å². The van der Waals surface area contributed by atoms with Gasteiger partial charge in [-0.3, -0.25) is 0 Å². The molecule has 0 atom stereocenters. The number of nitrogens with zero attached hydrogens (tertiary/aromatic N) is 6. The van der Waals surface area contributed by atoms with Crippen LogP contribution in [0, 0.1) is 49.2 Å². The van der Waals surface area contributed by atoms with E-state index in [4.69, 9.17) is 0 Å². The number of rotatable bonds is 12. The summed E-state index contributed by atoms with van der Waals surface area (Å²) in [5.74, 6) is 0.687. The Hall–Kier alpha value is -10.2. The van der Waals surface area contributed by atoms with Crippen LogP contribution in [-0.4, -0.2) is 29.9 Å². The van der Waals surface area contributed by atoms with Gasteiger partial charge in [-0.25, -0.2) is 0 Å². The van der Waals surface area contributed by atoms with Crippen molar-refractivity contribution in [3.63, 3.8) is 0 Å². The number of hydrogen-bond acceptors (Lipinski definition) is 6. The maximum Gasteiger partial charge on any atom is 0.0166 e. The van der Waals surface area contributed by atoms with Crippen LogP contribution >= 0.6 is 0 Å². The fourth-order valence-electron chi connectivity index (χ4n) is 10.3. The van der Waals surface area contributed by atoms with Crippen molar-refractivity contribution in [1.82, 2.24) is 29.9 Å². The molecule has 9 aromatic carbocycles. The smallest absolute Gasteiger partial charge is 0.0166 e. The number of aryl methyl sites for hydroxylation is 2. The largest absolute Gasteiger partial charge is 0.305 e. The first-order chi connectivity index (χ1) is 47.8. The minimum absolute atomic E-state index is 0. The van der Waals surface area contributed by atoms with Crippen LogP contribution in [0.5, 0.6) is 0 Å². The Morgan fingerprint density at radius 2 is 0.570 bits per heavy atom. The average Bonchev–Trinajstić information content (AvgIpc) is 0.894. The molecule has 0 saturated heterocycles. The van der Waals surface area contributed by atoms with E-state index < -0.39 is 0 Å². The fourth-order valence-corrected chi connectivity index (χ4v) is 10.3. The Bertz CT molecular complexity index is 4410. The molecule has 0 spiro atoms. The van der Waals surface area contributed by atoms with Crippen molar-refractivity contribution in [1.29, 1.82) is 0 Å². The number of aromatic nitrogens is 6. The van der Waals surface area contributed by atoms with E-state index in [1.807, 2.05) is 225 Å². The van der Waals surface area contributed by atoms with E-state index in [2.05, 4.69) is 197 Å². The van der Waals surface area contributed by atoms with Gasteiger partial charge in [-0.15, -0.1) is 215 Å². The maximum atomic E-state index is 4.46. The van der Waals surface area contributed by atoms with Gasteiger partial charge in [0.25, 0.3) is 0 Å². The van der Waals surface area contributed by atoms with Gasteiger partial charge in [0.05, 0.1) is 0 Å². The second kappa shape index (κ2) is 42.6. The molecule has 3 radical (unpaired) electrons. The van der Waals surface area contributed by atoms with Crippen LogP contribution in [0.2, 0.25) is 0 Å². The van der Waals surface area contributed by atoms with Gasteiger partial charge in [0.1, 0.15) is 0 Å². The first-order valence-electron chi connectivity index (χ1n) is 32.5. The molecule has 100 heavy (non-hydrogen) atoms. The second-order valence-electron chi connectivity index (χ2n) is 22.8. The molecule has 0 N–H and O–H groups in total. The van der Waals surface area contributed by atoms with Crippen LogP contribution in [0.3, 0.4) is 0 Å². The van der Waals surface area contributed by atoms with Gasteiger partial charge in [-0.1, -0.05) is 154 Å². The molecule has 501 valence electrons. The topological polar surface area (TPSA) is 77.3 Å². The van der Waals surface area contributed by atoms with Gasteiger partial charge in [-0.2, -0.15) is 0 Å². The van der Waals surface area contributed by atoms with Gasteiger partial charge in [0.2, 0.25) is 0 Å². The Morgan fingerprint density at radius 3 is 0.880 bits per heavy atom. The molecule has 6 nitrogen and oxygen atoms in total. The Morgan fingerprint density at radius 1 is 0.260 bits per heavy atom. The van der Waals surface area contributed by atoms with Crippen molar-refractivity contribution in [3.05, 3.63) is 400 Å². The first-order valence-corrected chi connectivity index (χ1v) is 32.5. The monoisotopic (exact) mass is 1830 g/mol. The van der Waals surface area contributed by atoms with Crippen LogP contribution < -0.4 is 0 Å². The Balaban J connectivity index is 0.000000170. The van der Waals surface area contributed by atoms with Crippen LogP contribution in [0.4, 0.5) is 0 Å². The third-order valence-corrected chi connectivity index (χ3v) is 15.1. The molecule has 0 aliphatic heterocycles. The normalized spacial score (nSPS) is 9.93. The second-order valence-corrected chi connectivity index (χ2v) is 22.8. The van der Waals surface area contributed by atoms with E-state index in [1.165, 1.54) is 50.1 Å². The molecule has 6 aromatic heterocycles. The minimum Gasteiger partial charge on any atom is -0.305 e. The van der Waals surface area contributed by atoms with Crippen molar-refractivity contribution >= 4 is 0 Å². The van der Waals surface area contributed by atoms with E-state index in [1.54, 1.807) is 18.6 Å². The summed E-state index contributed by atoms with van der Waals surface area (Å²) in [6.45, 7) is 8.78. The molecular weight excluding hydrogens is 1750 g/mol. The van der Waals surface area contributed by atoms with Crippen LogP contribution in [0.15, 0.2) is 347 Å². The molecule has 0 aliphatic rings. The maximum absolute atomic E-state index is 4.46. The molecule has 15 aromatic rings. The summed E-state index contributed by atoms with van der Waals surface area (Å²) in [7, 11) is 0. The molecule has 0 bridgehead atoms. The van der Waals surface area contributed by atoms with Crippen molar-refractivity contribution < 1.29 is 60.3 Å². The molecule has 15 rings (SSSR count). The summed E-state index contributed by atoms with van der Waals surface area (Å²) < 4.78 is 0. The summed E-state index contributed by atoms with van der Waals surface area (Å²) in [6.07, 6.45) is 13.1. The summed E-state index contributed by atoms with van der Waals surface area (Å²) in [6, 6.07) is 122. The van der Waals surface area contributed by atoms with Gasteiger partial charge in [0, 0.05) is 97.5 Å². The molecule has 0 saturated carbocycles. The Kier molecular flexibility index (Phi) is 32.9. The van der Waals surface area contributed by atoms with Gasteiger partial charge in [-0.05, 0) is 141 Å². The summed E-state index contributed by atoms with van der Waals surface area (Å²) >= 11 is 0. The predicted molar refractivity (Wildman–Crippen MR) is 400 cm³/mol. The van der Waals surface area contributed by atoms with E-state index in [0.29, 0.717) is 5.92 Å².